The van der Waals surface area contributed by atoms with Crippen LogP contribution < -0.4 is 0 Å². The summed E-state index contributed by atoms with van der Waals surface area (Å²) in [5.41, 5.74) is 0.817. The first-order valence-corrected chi connectivity index (χ1v) is 6.94. The summed E-state index contributed by atoms with van der Waals surface area (Å²) in [7, 11) is 0. The van der Waals surface area contributed by atoms with Gasteiger partial charge in [0.1, 0.15) is 5.60 Å². The van der Waals surface area contributed by atoms with Gasteiger partial charge in [-0.2, -0.15) is 0 Å². The molecule has 2 atom stereocenters. The summed E-state index contributed by atoms with van der Waals surface area (Å²) in [5, 5.41) is 0. The lowest BCUT2D eigenvalue weighted by Gasteiger charge is -2.21. The monoisotopic (exact) mass is 244 g/mol. The van der Waals surface area contributed by atoms with Crippen molar-refractivity contribution in [2.75, 3.05) is 0 Å². The lowest BCUT2D eigenvalue weighted by atomic mass is 9.77. The number of aryl methyl sites for hydroxylation is 1. The number of hydrogen-bond donors (Lipinski definition) is 0. The third-order valence-electron chi connectivity index (χ3n) is 4.63. The van der Waals surface area contributed by atoms with Crippen molar-refractivity contribution in [3.63, 3.8) is 0 Å². The number of ether oxygens (including phenoxy) is 1. The standard InChI is InChI=1S/C16H20O2/c1-15-14(17)10-6-12-16(15,18-15)11-5-9-13-7-3-2-4-8-13/h2-4,7-8H,5-6,9-12H2,1H3. The minimum absolute atomic E-state index is 0.114. The van der Waals surface area contributed by atoms with E-state index in [1.807, 2.05) is 13.0 Å². The van der Waals surface area contributed by atoms with E-state index < -0.39 is 5.60 Å². The van der Waals surface area contributed by atoms with E-state index in [1.165, 1.54) is 5.56 Å². The van der Waals surface area contributed by atoms with Gasteiger partial charge in [0.25, 0.3) is 0 Å². The first kappa shape index (κ1) is 11.9. The maximum absolute atomic E-state index is 11.9. The molecule has 0 aromatic heterocycles. The molecule has 1 heterocycles. The Morgan fingerprint density at radius 2 is 2.06 bits per heavy atom. The number of hydrogen-bond acceptors (Lipinski definition) is 2. The molecule has 0 N–H and O–H groups in total. The summed E-state index contributed by atoms with van der Waals surface area (Å²) in [6, 6.07) is 10.5. The maximum Gasteiger partial charge on any atom is 0.167 e. The molecule has 0 bridgehead atoms. The molecular formula is C16H20O2. The van der Waals surface area contributed by atoms with E-state index in [-0.39, 0.29) is 5.60 Å². The highest BCUT2D eigenvalue weighted by atomic mass is 16.6. The Balaban J connectivity index is 1.57. The van der Waals surface area contributed by atoms with Gasteiger partial charge in [0.15, 0.2) is 11.4 Å². The number of rotatable bonds is 4. The summed E-state index contributed by atoms with van der Waals surface area (Å²) in [4.78, 5) is 11.9. The lowest BCUT2D eigenvalue weighted by molar-refractivity contribution is -0.124. The quantitative estimate of drug-likeness (QED) is 0.761. The van der Waals surface area contributed by atoms with Crippen molar-refractivity contribution in [3.8, 4) is 0 Å². The molecule has 1 saturated carbocycles. The SMILES string of the molecule is CC12OC1(CCCc1ccccc1)CCCC2=O. The zero-order chi connectivity index (χ0) is 12.6. The zero-order valence-corrected chi connectivity index (χ0v) is 10.9. The zero-order valence-electron chi connectivity index (χ0n) is 10.9. The van der Waals surface area contributed by atoms with Gasteiger partial charge in [0, 0.05) is 6.42 Å². The highest BCUT2D eigenvalue weighted by Crippen LogP contribution is 2.57. The number of carbonyl (C=O) groups excluding carboxylic acids is 1. The van der Waals surface area contributed by atoms with Gasteiger partial charge in [-0.3, -0.25) is 4.79 Å². The molecule has 1 saturated heterocycles. The van der Waals surface area contributed by atoms with Gasteiger partial charge in [-0.25, -0.2) is 0 Å². The molecule has 96 valence electrons. The molecule has 1 aliphatic heterocycles. The Morgan fingerprint density at radius 1 is 1.28 bits per heavy atom. The van der Waals surface area contributed by atoms with Crippen LogP contribution in [0.5, 0.6) is 0 Å². The fourth-order valence-corrected chi connectivity index (χ4v) is 3.38. The highest BCUT2D eigenvalue weighted by molar-refractivity contribution is 5.92. The molecule has 2 aliphatic rings. The van der Waals surface area contributed by atoms with E-state index >= 15 is 0 Å². The lowest BCUT2D eigenvalue weighted by Crippen LogP contribution is -2.35. The van der Waals surface area contributed by atoms with Crippen LogP contribution in [0.15, 0.2) is 30.3 Å². The molecule has 0 amide bonds. The van der Waals surface area contributed by atoms with Crippen molar-refractivity contribution < 1.29 is 9.53 Å². The third-order valence-corrected chi connectivity index (χ3v) is 4.63. The molecule has 3 rings (SSSR count). The fraction of sp³-hybridized carbons (Fsp3) is 0.562. The summed E-state index contributed by atoms with van der Waals surface area (Å²) < 4.78 is 5.85. The molecule has 2 heteroatoms. The third kappa shape index (κ3) is 1.79. The van der Waals surface area contributed by atoms with Crippen molar-refractivity contribution in [2.45, 2.75) is 56.7 Å². The van der Waals surface area contributed by atoms with Crippen LogP contribution in [0.1, 0.15) is 44.6 Å². The van der Waals surface area contributed by atoms with Crippen molar-refractivity contribution in [1.29, 1.82) is 0 Å². The Morgan fingerprint density at radius 3 is 2.83 bits per heavy atom. The predicted molar refractivity (Wildman–Crippen MR) is 70.5 cm³/mol. The van der Waals surface area contributed by atoms with Crippen LogP contribution in [0.3, 0.4) is 0 Å². The molecule has 1 aromatic carbocycles. The number of benzene rings is 1. The number of carbonyl (C=O) groups is 1. The van der Waals surface area contributed by atoms with E-state index in [0.29, 0.717) is 12.2 Å². The molecule has 1 aromatic rings. The predicted octanol–water partition coefficient (Wildman–Crippen LogP) is 3.29. The maximum atomic E-state index is 11.9. The minimum Gasteiger partial charge on any atom is -0.355 e. The van der Waals surface area contributed by atoms with Crippen LogP contribution in [-0.2, 0) is 16.0 Å². The first-order chi connectivity index (χ1) is 8.66. The van der Waals surface area contributed by atoms with E-state index in [4.69, 9.17) is 4.74 Å². The summed E-state index contributed by atoms with van der Waals surface area (Å²) >= 11 is 0. The molecule has 2 unspecified atom stereocenters. The Bertz CT molecular complexity index is 453. The van der Waals surface area contributed by atoms with Gasteiger partial charge in [-0.05, 0) is 44.6 Å². The number of ketones is 1. The van der Waals surface area contributed by atoms with Crippen molar-refractivity contribution >= 4 is 5.78 Å². The molecule has 2 nitrogen and oxygen atoms in total. The van der Waals surface area contributed by atoms with Gasteiger partial charge in [0.05, 0.1) is 0 Å². The van der Waals surface area contributed by atoms with Crippen molar-refractivity contribution in [1.82, 2.24) is 0 Å². The van der Waals surface area contributed by atoms with Crippen LogP contribution >= 0.6 is 0 Å². The number of epoxide rings is 1. The largest absolute Gasteiger partial charge is 0.355 e. The van der Waals surface area contributed by atoms with Crippen molar-refractivity contribution in [3.05, 3.63) is 35.9 Å². The second-order valence-corrected chi connectivity index (χ2v) is 5.75. The normalized spacial score (nSPS) is 34.2. The number of Topliss-reactive ketones (excluding diaryl/α,β-unsaturated/α-hetero) is 1. The summed E-state index contributed by atoms with van der Waals surface area (Å²) in [6.45, 7) is 1.98. The van der Waals surface area contributed by atoms with Crippen molar-refractivity contribution in [2.24, 2.45) is 0 Å². The number of fused-ring (bicyclic) bond motifs is 1. The van der Waals surface area contributed by atoms with Crippen LogP contribution in [0, 0.1) is 0 Å². The van der Waals surface area contributed by atoms with E-state index in [1.54, 1.807) is 0 Å². The minimum atomic E-state index is -0.443. The molecule has 0 spiro atoms. The molecular weight excluding hydrogens is 224 g/mol. The van der Waals surface area contributed by atoms with E-state index in [0.717, 1.165) is 32.1 Å². The van der Waals surface area contributed by atoms with Gasteiger partial charge in [-0.15, -0.1) is 0 Å². The van der Waals surface area contributed by atoms with Crippen LogP contribution in [-0.4, -0.2) is 17.0 Å². The Hall–Kier alpha value is -1.15. The smallest absolute Gasteiger partial charge is 0.167 e. The molecule has 0 radical (unpaired) electrons. The van der Waals surface area contributed by atoms with Crippen LogP contribution in [0.4, 0.5) is 0 Å². The fourth-order valence-electron chi connectivity index (χ4n) is 3.38. The van der Waals surface area contributed by atoms with E-state index in [2.05, 4.69) is 24.3 Å². The van der Waals surface area contributed by atoms with Gasteiger partial charge in [0.2, 0.25) is 0 Å². The Kier molecular flexibility index (Phi) is 2.78. The molecule has 18 heavy (non-hydrogen) atoms. The van der Waals surface area contributed by atoms with Gasteiger partial charge in [-0.1, -0.05) is 30.3 Å². The van der Waals surface area contributed by atoms with Crippen LogP contribution in [0.25, 0.3) is 0 Å². The Labute approximate surface area is 108 Å². The second-order valence-electron chi connectivity index (χ2n) is 5.75. The molecule has 2 fully saturated rings. The average Bonchev–Trinajstić information content (AvgIpc) is 2.99. The van der Waals surface area contributed by atoms with Crippen LogP contribution in [0.2, 0.25) is 0 Å². The highest BCUT2D eigenvalue weighted by Gasteiger charge is 2.71. The summed E-state index contributed by atoms with van der Waals surface area (Å²) in [6.07, 6.45) is 5.97. The first-order valence-electron chi connectivity index (χ1n) is 6.94. The average molecular weight is 244 g/mol. The van der Waals surface area contributed by atoms with Gasteiger partial charge >= 0.3 is 0 Å². The molecule has 1 aliphatic carbocycles. The van der Waals surface area contributed by atoms with Gasteiger partial charge < -0.3 is 4.74 Å². The second kappa shape index (κ2) is 4.20. The topological polar surface area (TPSA) is 29.6 Å². The summed E-state index contributed by atoms with van der Waals surface area (Å²) in [5.74, 6) is 0.313. The van der Waals surface area contributed by atoms with E-state index in [9.17, 15) is 4.79 Å².